The van der Waals surface area contributed by atoms with Gasteiger partial charge in [0.1, 0.15) is 6.54 Å². The van der Waals surface area contributed by atoms with E-state index in [0.29, 0.717) is 11.5 Å². The minimum absolute atomic E-state index is 0.0813. The molecule has 0 saturated heterocycles. The minimum atomic E-state index is -0.761. The van der Waals surface area contributed by atoms with Crippen LogP contribution in [0.15, 0.2) is 39.5 Å². The molecule has 8 nitrogen and oxygen atoms in total. The predicted molar refractivity (Wildman–Crippen MR) is 87.5 cm³/mol. The third kappa shape index (κ3) is 4.56. The Hall–Kier alpha value is -2.90. The summed E-state index contributed by atoms with van der Waals surface area (Å²) in [6, 6.07) is 8.94. The highest BCUT2D eigenvalue weighted by Crippen LogP contribution is 2.32. The van der Waals surface area contributed by atoms with E-state index in [1.165, 1.54) is 0 Å². The van der Waals surface area contributed by atoms with Crippen molar-refractivity contribution in [3.63, 3.8) is 0 Å². The fourth-order valence-electron chi connectivity index (χ4n) is 2.43. The van der Waals surface area contributed by atoms with Gasteiger partial charge >= 0.3 is 11.7 Å². The lowest BCUT2D eigenvalue weighted by atomic mass is 10.2. The molecule has 3 rings (SSSR count). The number of hydrogen-bond acceptors (Lipinski definition) is 6. The summed E-state index contributed by atoms with van der Waals surface area (Å²) in [5, 5.41) is 6.74. The van der Waals surface area contributed by atoms with Gasteiger partial charge in [0.15, 0.2) is 6.61 Å². The van der Waals surface area contributed by atoms with Gasteiger partial charge in [0.25, 0.3) is 5.91 Å². The molecule has 1 saturated carbocycles. The zero-order valence-corrected chi connectivity index (χ0v) is 13.8. The monoisotopic (exact) mass is 345 g/mol. The minimum Gasteiger partial charge on any atom is -0.454 e. The SMILES string of the molecule is C[C@H](NC(=O)COC(=O)Cn1nc(-c2ccccc2)oc1=O)C1CC1. The van der Waals surface area contributed by atoms with Gasteiger partial charge in [0.2, 0.25) is 5.89 Å². The summed E-state index contributed by atoms with van der Waals surface area (Å²) in [4.78, 5) is 35.3. The molecule has 1 aliphatic rings. The summed E-state index contributed by atoms with van der Waals surface area (Å²) in [5.74, 6) is -1.21. The highest BCUT2D eigenvalue weighted by molar-refractivity contribution is 5.80. The standard InChI is InChI=1S/C17H19N3O5/c1-11(12-7-8-12)18-14(21)10-24-15(22)9-20-17(23)25-16(19-20)13-5-3-2-4-6-13/h2-6,11-12H,7-10H2,1H3,(H,18,21)/t11-/m0/s1. The quantitative estimate of drug-likeness (QED) is 0.750. The number of carbonyl (C=O) groups excluding carboxylic acids is 2. The Balaban J connectivity index is 1.52. The highest BCUT2D eigenvalue weighted by Gasteiger charge is 2.29. The Morgan fingerprint density at radius 3 is 2.76 bits per heavy atom. The summed E-state index contributed by atoms with van der Waals surface area (Å²) in [7, 11) is 0. The van der Waals surface area contributed by atoms with Crippen molar-refractivity contribution >= 4 is 11.9 Å². The number of amides is 1. The fourth-order valence-corrected chi connectivity index (χ4v) is 2.43. The van der Waals surface area contributed by atoms with Crippen molar-refractivity contribution in [3.8, 4) is 11.5 Å². The lowest BCUT2D eigenvalue weighted by Crippen LogP contribution is -2.37. The molecule has 25 heavy (non-hydrogen) atoms. The van der Waals surface area contributed by atoms with Crippen LogP contribution in [0, 0.1) is 5.92 Å². The smallest absolute Gasteiger partial charge is 0.437 e. The van der Waals surface area contributed by atoms with Gasteiger partial charge in [-0.2, -0.15) is 4.68 Å². The molecule has 0 spiro atoms. The van der Waals surface area contributed by atoms with Crippen molar-refractivity contribution in [1.82, 2.24) is 15.1 Å². The van der Waals surface area contributed by atoms with Crippen LogP contribution in [0.3, 0.4) is 0 Å². The summed E-state index contributed by atoms with van der Waals surface area (Å²) in [6.07, 6.45) is 2.22. The molecule has 1 fully saturated rings. The maximum absolute atomic E-state index is 11.8. The largest absolute Gasteiger partial charge is 0.454 e. The van der Waals surface area contributed by atoms with Crippen molar-refractivity contribution in [2.75, 3.05) is 6.61 Å². The second-order valence-electron chi connectivity index (χ2n) is 6.05. The number of esters is 1. The summed E-state index contributed by atoms with van der Waals surface area (Å²) >= 11 is 0. The van der Waals surface area contributed by atoms with Crippen molar-refractivity contribution in [2.45, 2.75) is 32.4 Å². The summed E-state index contributed by atoms with van der Waals surface area (Å²) in [5.41, 5.74) is 0.625. The molecule has 1 N–H and O–H groups in total. The fraction of sp³-hybridized carbons (Fsp3) is 0.412. The number of aromatic nitrogens is 2. The molecular weight excluding hydrogens is 326 g/mol. The van der Waals surface area contributed by atoms with Crippen molar-refractivity contribution in [1.29, 1.82) is 0 Å². The second-order valence-corrected chi connectivity index (χ2v) is 6.05. The van der Waals surface area contributed by atoms with Gasteiger partial charge in [-0.1, -0.05) is 18.2 Å². The number of ether oxygens (including phenoxy) is 1. The van der Waals surface area contributed by atoms with Gasteiger partial charge < -0.3 is 14.5 Å². The average Bonchev–Trinajstić information content (AvgIpc) is 3.39. The first-order valence-corrected chi connectivity index (χ1v) is 8.11. The van der Waals surface area contributed by atoms with E-state index in [1.54, 1.807) is 24.3 Å². The van der Waals surface area contributed by atoms with Crippen LogP contribution < -0.4 is 11.1 Å². The summed E-state index contributed by atoms with van der Waals surface area (Å²) in [6.45, 7) is 1.13. The van der Waals surface area contributed by atoms with E-state index in [4.69, 9.17) is 9.15 Å². The van der Waals surface area contributed by atoms with Crippen LogP contribution in [0.4, 0.5) is 0 Å². The molecule has 0 unspecified atom stereocenters. The zero-order chi connectivity index (χ0) is 17.8. The predicted octanol–water partition coefficient (Wildman–Crippen LogP) is 0.961. The van der Waals surface area contributed by atoms with E-state index < -0.39 is 18.3 Å². The molecule has 0 bridgehead atoms. The van der Waals surface area contributed by atoms with Crippen LogP contribution in [0.5, 0.6) is 0 Å². The van der Waals surface area contributed by atoms with E-state index in [9.17, 15) is 14.4 Å². The van der Waals surface area contributed by atoms with Crippen LogP contribution in [0.1, 0.15) is 19.8 Å². The molecule has 132 valence electrons. The normalized spacial score (nSPS) is 14.8. The van der Waals surface area contributed by atoms with Gasteiger partial charge in [-0.3, -0.25) is 9.59 Å². The molecule has 1 aliphatic carbocycles. The second kappa shape index (κ2) is 7.33. The molecule has 0 radical (unpaired) electrons. The maximum atomic E-state index is 11.8. The topological polar surface area (TPSA) is 103 Å². The van der Waals surface area contributed by atoms with Crippen LogP contribution >= 0.6 is 0 Å². The Labute approximate surface area is 143 Å². The van der Waals surface area contributed by atoms with E-state index in [-0.39, 0.29) is 24.4 Å². The molecule has 8 heteroatoms. The number of carbonyl (C=O) groups is 2. The number of benzene rings is 1. The third-order valence-electron chi connectivity index (χ3n) is 3.99. The first kappa shape index (κ1) is 16.9. The van der Waals surface area contributed by atoms with Crippen LogP contribution in [0.25, 0.3) is 11.5 Å². The molecule has 1 atom stereocenters. The third-order valence-corrected chi connectivity index (χ3v) is 3.99. The lowest BCUT2D eigenvalue weighted by molar-refractivity contribution is -0.149. The van der Waals surface area contributed by atoms with Crippen molar-refractivity contribution in [2.24, 2.45) is 5.92 Å². The average molecular weight is 345 g/mol. The van der Waals surface area contributed by atoms with Crippen LogP contribution in [0.2, 0.25) is 0 Å². The van der Waals surface area contributed by atoms with E-state index >= 15 is 0 Å². The first-order chi connectivity index (χ1) is 12.0. The van der Waals surface area contributed by atoms with Crippen molar-refractivity contribution < 1.29 is 18.7 Å². The van der Waals surface area contributed by atoms with Crippen LogP contribution in [-0.4, -0.2) is 34.3 Å². The van der Waals surface area contributed by atoms with Gasteiger partial charge in [0.05, 0.1) is 0 Å². The molecule has 0 aliphatic heterocycles. The number of hydrogen-bond donors (Lipinski definition) is 1. The zero-order valence-electron chi connectivity index (χ0n) is 13.8. The Bertz CT molecular complexity index is 807. The van der Waals surface area contributed by atoms with E-state index in [0.717, 1.165) is 17.5 Å². The number of nitrogens with one attached hydrogen (secondary N) is 1. The highest BCUT2D eigenvalue weighted by atomic mass is 16.5. The van der Waals surface area contributed by atoms with Gasteiger partial charge in [-0.25, -0.2) is 4.79 Å². The molecule has 1 aromatic heterocycles. The Kier molecular flexibility index (Phi) is 4.97. The van der Waals surface area contributed by atoms with Gasteiger partial charge in [-0.15, -0.1) is 5.10 Å². The molecule has 1 heterocycles. The number of nitrogens with zero attached hydrogens (tertiary/aromatic N) is 2. The molecule has 1 aromatic carbocycles. The maximum Gasteiger partial charge on any atom is 0.437 e. The first-order valence-electron chi connectivity index (χ1n) is 8.11. The van der Waals surface area contributed by atoms with E-state index in [1.807, 2.05) is 13.0 Å². The van der Waals surface area contributed by atoms with Crippen molar-refractivity contribution in [3.05, 3.63) is 40.9 Å². The van der Waals surface area contributed by atoms with Gasteiger partial charge in [0, 0.05) is 11.6 Å². The van der Waals surface area contributed by atoms with Crippen LogP contribution in [-0.2, 0) is 20.9 Å². The summed E-state index contributed by atoms with van der Waals surface area (Å²) < 4.78 is 10.8. The molecular formula is C17H19N3O5. The van der Waals surface area contributed by atoms with E-state index in [2.05, 4.69) is 10.4 Å². The van der Waals surface area contributed by atoms with Gasteiger partial charge in [-0.05, 0) is 37.8 Å². The molecule has 1 amide bonds. The molecule has 2 aromatic rings. The Morgan fingerprint density at radius 1 is 1.36 bits per heavy atom. The lowest BCUT2D eigenvalue weighted by Gasteiger charge is -2.12. The number of rotatable bonds is 7. The Morgan fingerprint density at radius 2 is 2.08 bits per heavy atom.